The second kappa shape index (κ2) is 19.2. The lowest BCUT2D eigenvalue weighted by molar-refractivity contribution is -0.0124. The highest BCUT2D eigenvalue weighted by Gasteiger charge is 2.19. The summed E-state index contributed by atoms with van der Waals surface area (Å²) in [5.41, 5.74) is 0. The van der Waals surface area contributed by atoms with E-state index >= 15 is 0 Å². The van der Waals surface area contributed by atoms with E-state index in [1.165, 1.54) is 0 Å². The zero-order valence-corrected chi connectivity index (χ0v) is 19.5. The van der Waals surface area contributed by atoms with Crippen LogP contribution in [0.1, 0.15) is 79.1 Å². The molecule has 0 fully saturated rings. The second-order valence-corrected chi connectivity index (χ2v) is 9.45. The van der Waals surface area contributed by atoms with Gasteiger partial charge in [0.05, 0.1) is 19.8 Å². The molecule has 0 aliphatic rings. The molecule has 0 atom stereocenters. The molecule has 0 bridgehead atoms. The standard InChI is InChI=1S/C12H27O4P.C5H13O5P/c1-3-5-7-9-11-15-17(13,14)16-12-10-8-6-4-2;1-5(2)3-9-4-10-11(6,7)8/h3-12H2,1-2H3,(H,13,14);5H,3-4H2,1-2H3,(H2,6,7,8). The van der Waals surface area contributed by atoms with Gasteiger partial charge in [0.2, 0.25) is 0 Å². The van der Waals surface area contributed by atoms with Crippen LogP contribution in [0.3, 0.4) is 0 Å². The van der Waals surface area contributed by atoms with Crippen molar-refractivity contribution in [1.82, 2.24) is 0 Å². The van der Waals surface area contributed by atoms with Gasteiger partial charge in [-0.2, -0.15) is 0 Å². The van der Waals surface area contributed by atoms with Gasteiger partial charge in [-0.05, 0) is 18.8 Å². The fourth-order valence-corrected chi connectivity index (χ4v) is 2.85. The maximum Gasteiger partial charge on any atom is 0.472 e. The molecule has 172 valence electrons. The van der Waals surface area contributed by atoms with Crippen molar-refractivity contribution in [3.8, 4) is 0 Å². The maximum atomic E-state index is 11.4. The van der Waals surface area contributed by atoms with E-state index in [4.69, 9.17) is 23.6 Å². The third-order valence-electron chi connectivity index (χ3n) is 3.26. The first-order chi connectivity index (χ1) is 13.0. The Kier molecular flexibility index (Phi) is 20.8. The molecule has 0 aromatic heterocycles. The Hall–Kier alpha value is 0.180. The van der Waals surface area contributed by atoms with E-state index in [1.807, 2.05) is 13.8 Å². The van der Waals surface area contributed by atoms with E-state index in [0.29, 0.717) is 25.7 Å². The van der Waals surface area contributed by atoms with Crippen molar-refractivity contribution in [3.05, 3.63) is 0 Å². The van der Waals surface area contributed by atoms with E-state index in [2.05, 4.69) is 18.4 Å². The van der Waals surface area contributed by atoms with Crippen molar-refractivity contribution in [2.24, 2.45) is 5.92 Å². The summed E-state index contributed by atoms with van der Waals surface area (Å²) >= 11 is 0. The normalized spacial score (nSPS) is 12.1. The highest BCUT2D eigenvalue weighted by Crippen LogP contribution is 2.43. The Bertz CT molecular complexity index is 409. The predicted molar refractivity (Wildman–Crippen MR) is 109 cm³/mol. The minimum absolute atomic E-state index is 0.308. The molecular formula is C17H40O9P2. The molecule has 0 unspecified atom stereocenters. The molecule has 9 nitrogen and oxygen atoms in total. The molecule has 0 saturated carbocycles. The van der Waals surface area contributed by atoms with Gasteiger partial charge in [-0.1, -0.05) is 66.2 Å². The van der Waals surface area contributed by atoms with Crippen LogP contribution >= 0.6 is 15.6 Å². The van der Waals surface area contributed by atoms with Gasteiger partial charge in [0.25, 0.3) is 0 Å². The number of ether oxygens (including phenoxy) is 1. The number of phosphoric acid groups is 2. The van der Waals surface area contributed by atoms with Gasteiger partial charge in [-0.15, -0.1) is 0 Å². The Morgan fingerprint density at radius 1 is 0.750 bits per heavy atom. The summed E-state index contributed by atoms with van der Waals surface area (Å²) < 4.78 is 40.0. The molecule has 0 rings (SSSR count). The minimum atomic E-state index is -4.35. The second-order valence-electron chi connectivity index (χ2n) is 6.76. The first-order valence-electron chi connectivity index (χ1n) is 9.93. The summed E-state index contributed by atoms with van der Waals surface area (Å²) in [6, 6.07) is 0. The third kappa shape index (κ3) is 28.4. The first-order valence-corrected chi connectivity index (χ1v) is 13.0. The van der Waals surface area contributed by atoms with Gasteiger partial charge in [-0.25, -0.2) is 9.13 Å². The molecule has 0 amide bonds. The quantitative estimate of drug-likeness (QED) is 0.159. The summed E-state index contributed by atoms with van der Waals surface area (Å²) in [7, 11) is -8.14. The minimum Gasteiger partial charge on any atom is -0.355 e. The van der Waals surface area contributed by atoms with E-state index in [0.717, 1.165) is 51.4 Å². The van der Waals surface area contributed by atoms with Gasteiger partial charge in [0.15, 0.2) is 6.79 Å². The van der Waals surface area contributed by atoms with Crippen molar-refractivity contribution in [2.75, 3.05) is 26.6 Å². The molecule has 3 N–H and O–H groups in total. The summed E-state index contributed by atoms with van der Waals surface area (Å²) in [6.07, 6.45) is 8.26. The van der Waals surface area contributed by atoms with Crippen molar-refractivity contribution in [3.63, 3.8) is 0 Å². The molecule has 0 aliphatic carbocycles. The van der Waals surface area contributed by atoms with Crippen LogP contribution in [0.15, 0.2) is 0 Å². The lowest BCUT2D eigenvalue weighted by atomic mass is 10.2. The fourth-order valence-electron chi connectivity index (χ4n) is 1.84. The van der Waals surface area contributed by atoms with Crippen LogP contribution in [0.5, 0.6) is 0 Å². The molecule has 0 heterocycles. The zero-order valence-electron chi connectivity index (χ0n) is 17.7. The summed E-state index contributed by atoms with van der Waals surface area (Å²) in [5, 5.41) is 0. The number of hydrogen-bond donors (Lipinski definition) is 3. The average molecular weight is 450 g/mol. The van der Waals surface area contributed by atoms with Gasteiger partial charge < -0.3 is 19.4 Å². The lowest BCUT2D eigenvalue weighted by Gasteiger charge is -2.11. The predicted octanol–water partition coefficient (Wildman–Crippen LogP) is 5.01. The molecule has 28 heavy (non-hydrogen) atoms. The maximum absolute atomic E-state index is 11.4. The number of hydrogen-bond acceptors (Lipinski definition) is 6. The van der Waals surface area contributed by atoms with Gasteiger partial charge in [-0.3, -0.25) is 13.6 Å². The number of rotatable bonds is 17. The highest BCUT2D eigenvalue weighted by atomic mass is 31.2. The van der Waals surface area contributed by atoms with Crippen LogP contribution < -0.4 is 0 Å². The smallest absolute Gasteiger partial charge is 0.355 e. The topological polar surface area (TPSA) is 132 Å². The third-order valence-corrected chi connectivity index (χ3v) is 4.72. The molecule has 0 radical (unpaired) electrons. The number of phosphoric ester groups is 2. The van der Waals surface area contributed by atoms with E-state index in [-0.39, 0.29) is 6.79 Å². The largest absolute Gasteiger partial charge is 0.472 e. The van der Waals surface area contributed by atoms with Crippen LogP contribution in [0.2, 0.25) is 0 Å². The van der Waals surface area contributed by atoms with E-state index in [9.17, 15) is 14.0 Å². The summed E-state index contributed by atoms with van der Waals surface area (Å²) in [6.45, 7) is 8.79. The van der Waals surface area contributed by atoms with Gasteiger partial charge >= 0.3 is 15.6 Å². The Labute approximate surface area is 170 Å². The van der Waals surface area contributed by atoms with E-state index in [1.54, 1.807) is 0 Å². The lowest BCUT2D eigenvalue weighted by Crippen LogP contribution is -2.04. The van der Waals surface area contributed by atoms with Gasteiger partial charge in [0, 0.05) is 0 Å². The van der Waals surface area contributed by atoms with Crippen molar-refractivity contribution < 1.29 is 42.1 Å². The SMILES string of the molecule is CC(C)COCOP(=O)(O)O.CCCCCCOP(=O)(O)OCCCCCC. The molecule has 0 aromatic carbocycles. The van der Waals surface area contributed by atoms with Gasteiger partial charge in [0.1, 0.15) is 0 Å². The fraction of sp³-hybridized carbons (Fsp3) is 1.00. The highest BCUT2D eigenvalue weighted by molar-refractivity contribution is 7.47. The Morgan fingerprint density at radius 2 is 1.21 bits per heavy atom. The average Bonchev–Trinajstić information content (AvgIpc) is 2.58. The van der Waals surface area contributed by atoms with E-state index < -0.39 is 15.6 Å². The van der Waals surface area contributed by atoms with Crippen molar-refractivity contribution in [1.29, 1.82) is 0 Å². The molecule has 11 heteroatoms. The molecule has 0 spiro atoms. The van der Waals surface area contributed by atoms with Crippen molar-refractivity contribution >= 4 is 15.6 Å². The summed E-state index contributed by atoms with van der Waals surface area (Å²) in [4.78, 5) is 25.7. The molecule has 0 aliphatic heterocycles. The zero-order chi connectivity index (χ0) is 21.9. The van der Waals surface area contributed by atoms with Crippen LogP contribution in [0, 0.1) is 5.92 Å². The van der Waals surface area contributed by atoms with Crippen molar-refractivity contribution in [2.45, 2.75) is 79.1 Å². The summed E-state index contributed by atoms with van der Waals surface area (Å²) in [5.74, 6) is 0.329. The van der Waals surface area contributed by atoms with Crippen LogP contribution in [-0.4, -0.2) is 41.3 Å². The van der Waals surface area contributed by atoms with Crippen LogP contribution in [0.4, 0.5) is 0 Å². The van der Waals surface area contributed by atoms with Crippen LogP contribution in [-0.2, 0) is 27.4 Å². The molecular weight excluding hydrogens is 410 g/mol. The monoisotopic (exact) mass is 450 g/mol. The molecule has 0 saturated heterocycles. The van der Waals surface area contributed by atoms with Crippen LogP contribution in [0.25, 0.3) is 0 Å². The Morgan fingerprint density at radius 3 is 1.57 bits per heavy atom. The molecule has 0 aromatic rings. The first kappa shape index (κ1) is 30.4. The number of unbranched alkanes of at least 4 members (excludes halogenated alkanes) is 6. The Balaban J connectivity index is 0.